The second kappa shape index (κ2) is 7.98. The van der Waals surface area contributed by atoms with E-state index >= 15 is 0 Å². The fourth-order valence-electron chi connectivity index (χ4n) is 0.548. The summed E-state index contributed by atoms with van der Waals surface area (Å²) in [6, 6.07) is 0. The Hall–Kier alpha value is -0.370. The molecule has 0 heterocycles. The number of aliphatic carboxylic acids is 3. The SMILES string of the molecule is O=C(O)COC(CC(=O)O)C(=O)O.[Ca+2].[H-].[H-]. The minimum atomic E-state index is -1.62. The normalized spacial score (nSPS) is 11.1. The summed E-state index contributed by atoms with van der Waals surface area (Å²) in [6.07, 6.45) is -2.38. The van der Waals surface area contributed by atoms with Crippen molar-refractivity contribution in [1.82, 2.24) is 0 Å². The molecule has 3 N–H and O–H groups in total. The van der Waals surface area contributed by atoms with Crippen LogP contribution in [-0.2, 0) is 19.1 Å². The zero-order chi connectivity index (χ0) is 10.4. The maximum atomic E-state index is 10.3. The maximum Gasteiger partial charge on any atom is 2.00 e. The first-order valence-electron chi connectivity index (χ1n) is 3.21. The van der Waals surface area contributed by atoms with E-state index in [1.54, 1.807) is 0 Å². The Labute approximate surface area is 112 Å². The predicted molar refractivity (Wildman–Crippen MR) is 45.2 cm³/mol. The fraction of sp³-hybridized carbons (Fsp3) is 0.500. The topological polar surface area (TPSA) is 121 Å². The molecule has 0 aromatic carbocycles. The van der Waals surface area contributed by atoms with Gasteiger partial charge in [0.1, 0.15) is 6.61 Å². The van der Waals surface area contributed by atoms with E-state index in [0.29, 0.717) is 0 Å². The van der Waals surface area contributed by atoms with Crippen molar-refractivity contribution in [3.63, 3.8) is 0 Å². The summed E-state index contributed by atoms with van der Waals surface area (Å²) in [4.78, 5) is 30.3. The van der Waals surface area contributed by atoms with E-state index in [-0.39, 0.29) is 40.6 Å². The minimum absolute atomic E-state index is 0. The van der Waals surface area contributed by atoms with Crippen LogP contribution in [0.2, 0.25) is 0 Å². The van der Waals surface area contributed by atoms with Crippen molar-refractivity contribution in [1.29, 1.82) is 0 Å². The van der Waals surface area contributed by atoms with Gasteiger partial charge < -0.3 is 22.9 Å². The molecule has 1 unspecified atom stereocenters. The Morgan fingerprint density at radius 3 is 1.93 bits per heavy atom. The van der Waals surface area contributed by atoms with Crippen LogP contribution >= 0.6 is 0 Å². The summed E-state index contributed by atoms with van der Waals surface area (Å²) < 4.78 is 4.30. The van der Waals surface area contributed by atoms with E-state index < -0.39 is 37.0 Å². The van der Waals surface area contributed by atoms with E-state index in [4.69, 9.17) is 15.3 Å². The van der Waals surface area contributed by atoms with Crippen LogP contribution in [0.4, 0.5) is 0 Å². The first-order chi connectivity index (χ1) is 5.93. The van der Waals surface area contributed by atoms with Crippen molar-refractivity contribution in [2.45, 2.75) is 12.5 Å². The summed E-state index contributed by atoms with van der Waals surface area (Å²) in [5.41, 5.74) is 0. The van der Waals surface area contributed by atoms with Crippen LogP contribution in [0.1, 0.15) is 9.27 Å². The van der Waals surface area contributed by atoms with E-state index in [1.165, 1.54) is 0 Å². The Balaban J connectivity index is -0.000000240. The number of rotatable bonds is 6. The molecule has 0 amide bonds. The van der Waals surface area contributed by atoms with Crippen molar-refractivity contribution < 1.29 is 37.3 Å². The molecule has 0 aliphatic carbocycles. The van der Waals surface area contributed by atoms with E-state index in [9.17, 15) is 14.4 Å². The van der Waals surface area contributed by atoms with Gasteiger partial charge in [0, 0.05) is 0 Å². The first-order valence-corrected chi connectivity index (χ1v) is 3.21. The number of carbonyl (C=O) groups is 3. The van der Waals surface area contributed by atoms with Crippen molar-refractivity contribution in [3.8, 4) is 0 Å². The van der Waals surface area contributed by atoms with Gasteiger partial charge in [0.05, 0.1) is 6.42 Å². The summed E-state index contributed by atoms with van der Waals surface area (Å²) in [5.74, 6) is -4.21. The smallest absolute Gasteiger partial charge is 1.00 e. The Kier molecular flexibility index (Phi) is 9.16. The van der Waals surface area contributed by atoms with E-state index in [0.717, 1.165) is 0 Å². The molecule has 0 aromatic heterocycles. The van der Waals surface area contributed by atoms with Crippen LogP contribution < -0.4 is 0 Å². The molecule has 0 aliphatic rings. The second-order valence-electron chi connectivity index (χ2n) is 2.13. The third kappa shape index (κ3) is 8.24. The molecule has 0 spiro atoms. The molecule has 0 aliphatic heterocycles. The summed E-state index contributed by atoms with van der Waals surface area (Å²) in [7, 11) is 0. The predicted octanol–water partition coefficient (Wildman–Crippen LogP) is -1.14. The van der Waals surface area contributed by atoms with Crippen molar-refractivity contribution in [2.75, 3.05) is 6.61 Å². The Morgan fingerprint density at radius 1 is 1.14 bits per heavy atom. The quantitative estimate of drug-likeness (QED) is 0.496. The fourth-order valence-corrected chi connectivity index (χ4v) is 0.548. The van der Waals surface area contributed by atoms with Gasteiger partial charge in [-0.15, -0.1) is 0 Å². The average molecular weight is 234 g/mol. The first kappa shape index (κ1) is 16.1. The van der Waals surface area contributed by atoms with Crippen molar-refractivity contribution in [2.24, 2.45) is 0 Å². The van der Waals surface area contributed by atoms with E-state index in [1.807, 2.05) is 0 Å². The zero-order valence-corrected chi connectivity index (χ0v) is 9.38. The molecule has 0 aromatic rings. The van der Waals surface area contributed by atoms with Crippen LogP contribution in [0.3, 0.4) is 0 Å². The number of hydrogen-bond donors (Lipinski definition) is 3. The third-order valence-electron chi connectivity index (χ3n) is 1.04. The van der Waals surface area contributed by atoms with Gasteiger partial charge in [0.25, 0.3) is 0 Å². The van der Waals surface area contributed by atoms with Crippen LogP contribution in [0.5, 0.6) is 0 Å². The third-order valence-corrected chi connectivity index (χ3v) is 1.04. The molecular weight excluding hydrogens is 224 g/mol. The Morgan fingerprint density at radius 2 is 1.64 bits per heavy atom. The largest absolute Gasteiger partial charge is 2.00 e. The van der Waals surface area contributed by atoms with Crippen LogP contribution in [-0.4, -0.2) is 83.7 Å². The van der Waals surface area contributed by atoms with Gasteiger partial charge in [-0.1, -0.05) is 0 Å². The molecule has 0 bridgehead atoms. The van der Waals surface area contributed by atoms with Gasteiger partial charge in [-0.25, -0.2) is 9.59 Å². The molecule has 0 saturated carbocycles. The summed E-state index contributed by atoms with van der Waals surface area (Å²) in [6.45, 7) is -0.829. The van der Waals surface area contributed by atoms with Gasteiger partial charge in [-0.2, -0.15) is 0 Å². The minimum Gasteiger partial charge on any atom is -1.00 e. The van der Waals surface area contributed by atoms with Crippen molar-refractivity contribution >= 4 is 55.6 Å². The van der Waals surface area contributed by atoms with Crippen molar-refractivity contribution in [3.05, 3.63) is 0 Å². The Bertz CT molecular complexity index is 235. The van der Waals surface area contributed by atoms with Gasteiger partial charge in [0.2, 0.25) is 0 Å². The summed E-state index contributed by atoms with van der Waals surface area (Å²) >= 11 is 0. The van der Waals surface area contributed by atoms with Gasteiger partial charge in [0.15, 0.2) is 6.10 Å². The van der Waals surface area contributed by atoms with E-state index in [2.05, 4.69) is 4.74 Å². The summed E-state index contributed by atoms with van der Waals surface area (Å²) in [5, 5.41) is 24.7. The number of hydrogen-bond acceptors (Lipinski definition) is 4. The molecule has 8 heteroatoms. The van der Waals surface area contributed by atoms with Crippen LogP contribution in [0.15, 0.2) is 0 Å². The number of carboxylic acid groups (broad SMARTS) is 3. The molecule has 78 valence electrons. The molecular formula is C6H10CaO7. The standard InChI is InChI=1S/C6H8O7.Ca.2H/c7-4(8)1-3(6(11)12)13-2-5(9)10;;;/h3H,1-2H2,(H,7,8)(H,9,10)(H,11,12);;;/q;+2;2*-1. The molecule has 0 radical (unpaired) electrons. The molecule has 14 heavy (non-hydrogen) atoms. The zero-order valence-electron chi connectivity index (χ0n) is 9.17. The molecule has 0 fully saturated rings. The van der Waals surface area contributed by atoms with Gasteiger partial charge in [-0.3, -0.25) is 4.79 Å². The van der Waals surface area contributed by atoms with Gasteiger partial charge >= 0.3 is 55.6 Å². The number of ether oxygens (including phenoxy) is 1. The van der Waals surface area contributed by atoms with Crippen LogP contribution in [0, 0.1) is 0 Å². The molecule has 7 nitrogen and oxygen atoms in total. The molecule has 0 rings (SSSR count). The molecule has 0 saturated heterocycles. The number of carboxylic acids is 3. The second-order valence-corrected chi connectivity index (χ2v) is 2.13. The maximum absolute atomic E-state index is 10.3. The van der Waals surface area contributed by atoms with Crippen LogP contribution in [0.25, 0.3) is 0 Å². The monoisotopic (exact) mass is 234 g/mol. The molecule has 1 atom stereocenters. The van der Waals surface area contributed by atoms with Gasteiger partial charge in [-0.05, 0) is 0 Å². The average Bonchev–Trinajstić information content (AvgIpc) is 1.96.